The second kappa shape index (κ2) is 6.52. The standard InChI is InChI=1S/C14H21NO3/c1-14(2,13(17)18-3)10-15-8-11-5-4-6-12(7-11)9-16/h4-7,15-16H,8-10H2,1-3H3. The van der Waals surface area contributed by atoms with Crippen molar-refractivity contribution in [1.82, 2.24) is 5.32 Å². The van der Waals surface area contributed by atoms with Crippen molar-refractivity contribution in [3.05, 3.63) is 35.4 Å². The Morgan fingerprint density at radius 3 is 2.67 bits per heavy atom. The monoisotopic (exact) mass is 251 g/mol. The molecule has 0 spiro atoms. The fraction of sp³-hybridized carbons (Fsp3) is 0.500. The number of benzene rings is 1. The highest BCUT2D eigenvalue weighted by Gasteiger charge is 2.27. The van der Waals surface area contributed by atoms with Crippen LogP contribution in [0.4, 0.5) is 0 Å². The van der Waals surface area contributed by atoms with E-state index in [0.717, 1.165) is 11.1 Å². The largest absolute Gasteiger partial charge is 0.469 e. The normalized spacial score (nSPS) is 11.3. The topological polar surface area (TPSA) is 58.6 Å². The summed E-state index contributed by atoms with van der Waals surface area (Å²) < 4.78 is 4.74. The van der Waals surface area contributed by atoms with Gasteiger partial charge in [-0.1, -0.05) is 24.3 Å². The molecule has 4 heteroatoms. The summed E-state index contributed by atoms with van der Waals surface area (Å²) in [5.74, 6) is -0.223. The van der Waals surface area contributed by atoms with Gasteiger partial charge in [-0.2, -0.15) is 0 Å². The molecule has 0 saturated heterocycles. The maximum absolute atomic E-state index is 11.5. The van der Waals surface area contributed by atoms with E-state index in [4.69, 9.17) is 9.84 Å². The van der Waals surface area contributed by atoms with Crippen LogP contribution in [0.1, 0.15) is 25.0 Å². The van der Waals surface area contributed by atoms with Crippen LogP contribution in [0.15, 0.2) is 24.3 Å². The van der Waals surface area contributed by atoms with E-state index >= 15 is 0 Å². The van der Waals surface area contributed by atoms with Crippen molar-refractivity contribution in [2.75, 3.05) is 13.7 Å². The lowest BCUT2D eigenvalue weighted by Gasteiger charge is -2.21. The molecule has 1 aromatic rings. The van der Waals surface area contributed by atoms with Gasteiger partial charge in [0.05, 0.1) is 19.1 Å². The van der Waals surface area contributed by atoms with E-state index < -0.39 is 5.41 Å². The van der Waals surface area contributed by atoms with Crippen molar-refractivity contribution in [2.24, 2.45) is 5.41 Å². The minimum Gasteiger partial charge on any atom is -0.469 e. The van der Waals surface area contributed by atoms with E-state index in [0.29, 0.717) is 13.1 Å². The summed E-state index contributed by atoms with van der Waals surface area (Å²) in [4.78, 5) is 11.5. The molecule has 0 aliphatic heterocycles. The van der Waals surface area contributed by atoms with Crippen molar-refractivity contribution in [1.29, 1.82) is 0 Å². The maximum Gasteiger partial charge on any atom is 0.312 e. The number of ether oxygens (including phenoxy) is 1. The average molecular weight is 251 g/mol. The van der Waals surface area contributed by atoms with Gasteiger partial charge < -0.3 is 15.2 Å². The Morgan fingerprint density at radius 2 is 2.06 bits per heavy atom. The van der Waals surface area contributed by atoms with Crippen molar-refractivity contribution in [2.45, 2.75) is 27.0 Å². The minimum absolute atomic E-state index is 0.0431. The molecule has 0 heterocycles. The summed E-state index contributed by atoms with van der Waals surface area (Å²) in [7, 11) is 1.40. The van der Waals surface area contributed by atoms with Gasteiger partial charge in [-0.25, -0.2) is 0 Å². The highest BCUT2D eigenvalue weighted by atomic mass is 16.5. The smallest absolute Gasteiger partial charge is 0.312 e. The van der Waals surface area contributed by atoms with Crippen LogP contribution >= 0.6 is 0 Å². The van der Waals surface area contributed by atoms with Crippen LogP contribution in [-0.2, 0) is 22.7 Å². The van der Waals surface area contributed by atoms with E-state index in [2.05, 4.69) is 5.32 Å². The maximum atomic E-state index is 11.5. The molecule has 0 aliphatic rings. The van der Waals surface area contributed by atoms with E-state index in [-0.39, 0.29) is 12.6 Å². The van der Waals surface area contributed by atoms with Crippen LogP contribution in [0, 0.1) is 5.41 Å². The molecule has 0 fully saturated rings. The number of hydrogen-bond acceptors (Lipinski definition) is 4. The number of aliphatic hydroxyl groups is 1. The van der Waals surface area contributed by atoms with Crippen molar-refractivity contribution in [3.8, 4) is 0 Å². The molecule has 0 radical (unpaired) electrons. The number of rotatable bonds is 6. The highest BCUT2D eigenvalue weighted by molar-refractivity contribution is 5.76. The van der Waals surface area contributed by atoms with Crippen molar-refractivity contribution in [3.63, 3.8) is 0 Å². The van der Waals surface area contributed by atoms with Gasteiger partial charge >= 0.3 is 5.97 Å². The molecule has 2 N–H and O–H groups in total. The van der Waals surface area contributed by atoms with E-state index in [1.165, 1.54) is 7.11 Å². The molecule has 1 rings (SSSR count). The van der Waals surface area contributed by atoms with Crippen LogP contribution in [-0.4, -0.2) is 24.7 Å². The fourth-order valence-corrected chi connectivity index (χ4v) is 1.71. The second-order valence-electron chi connectivity index (χ2n) is 4.96. The van der Waals surface area contributed by atoms with E-state index in [1.54, 1.807) is 0 Å². The van der Waals surface area contributed by atoms with E-state index in [1.807, 2.05) is 38.1 Å². The zero-order valence-corrected chi connectivity index (χ0v) is 11.2. The van der Waals surface area contributed by atoms with Gasteiger partial charge in [0.2, 0.25) is 0 Å². The predicted octanol–water partition coefficient (Wildman–Crippen LogP) is 1.47. The minimum atomic E-state index is -0.538. The number of esters is 1. The molecule has 1 aromatic carbocycles. The summed E-state index contributed by atoms with van der Waals surface area (Å²) in [5.41, 5.74) is 1.44. The SMILES string of the molecule is COC(=O)C(C)(C)CNCc1cccc(CO)c1. The van der Waals surface area contributed by atoms with E-state index in [9.17, 15) is 4.79 Å². The molecule has 0 bridgehead atoms. The number of methoxy groups -OCH3 is 1. The Labute approximate surface area is 108 Å². The number of carbonyl (C=O) groups excluding carboxylic acids is 1. The Balaban J connectivity index is 2.48. The zero-order chi connectivity index (χ0) is 13.6. The van der Waals surface area contributed by atoms with Gasteiger partial charge in [0.15, 0.2) is 0 Å². The fourth-order valence-electron chi connectivity index (χ4n) is 1.71. The molecule has 0 unspecified atom stereocenters. The van der Waals surface area contributed by atoms with Crippen LogP contribution in [0.2, 0.25) is 0 Å². The Kier molecular flexibility index (Phi) is 5.31. The lowest BCUT2D eigenvalue weighted by molar-refractivity contribution is -0.150. The lowest BCUT2D eigenvalue weighted by Crippen LogP contribution is -2.36. The predicted molar refractivity (Wildman–Crippen MR) is 69.9 cm³/mol. The van der Waals surface area contributed by atoms with Crippen LogP contribution < -0.4 is 5.32 Å². The zero-order valence-electron chi connectivity index (χ0n) is 11.2. The van der Waals surface area contributed by atoms with Crippen LogP contribution in [0.25, 0.3) is 0 Å². The summed E-state index contributed by atoms with van der Waals surface area (Å²) in [6.45, 7) is 4.94. The quantitative estimate of drug-likeness (QED) is 0.752. The number of nitrogens with one attached hydrogen (secondary N) is 1. The van der Waals surface area contributed by atoms with Gasteiger partial charge in [0.25, 0.3) is 0 Å². The van der Waals surface area contributed by atoms with Gasteiger partial charge in [0, 0.05) is 13.1 Å². The first-order valence-electron chi connectivity index (χ1n) is 5.97. The molecule has 0 saturated carbocycles. The third-order valence-corrected chi connectivity index (χ3v) is 2.81. The van der Waals surface area contributed by atoms with Crippen molar-refractivity contribution < 1.29 is 14.6 Å². The molecule has 4 nitrogen and oxygen atoms in total. The molecule has 0 amide bonds. The molecule has 0 aromatic heterocycles. The molecule has 0 atom stereocenters. The van der Waals surface area contributed by atoms with Crippen molar-refractivity contribution >= 4 is 5.97 Å². The van der Waals surface area contributed by atoms with Gasteiger partial charge in [-0.3, -0.25) is 4.79 Å². The number of aliphatic hydroxyl groups excluding tert-OH is 1. The van der Waals surface area contributed by atoms with Crippen LogP contribution in [0.5, 0.6) is 0 Å². The first-order chi connectivity index (χ1) is 8.49. The van der Waals surface area contributed by atoms with Gasteiger partial charge in [0.1, 0.15) is 0 Å². The third-order valence-electron chi connectivity index (χ3n) is 2.81. The number of hydrogen-bond donors (Lipinski definition) is 2. The molecule has 18 heavy (non-hydrogen) atoms. The van der Waals surface area contributed by atoms with Crippen LogP contribution in [0.3, 0.4) is 0 Å². The summed E-state index contributed by atoms with van der Waals surface area (Å²) in [6.07, 6.45) is 0. The average Bonchev–Trinajstić information content (AvgIpc) is 2.37. The Bertz CT molecular complexity index is 402. The second-order valence-corrected chi connectivity index (χ2v) is 4.96. The molecular formula is C14H21NO3. The summed E-state index contributed by atoms with van der Waals surface area (Å²) >= 11 is 0. The lowest BCUT2D eigenvalue weighted by atomic mass is 9.93. The molecule has 100 valence electrons. The molecular weight excluding hydrogens is 230 g/mol. The summed E-state index contributed by atoms with van der Waals surface area (Å²) in [6, 6.07) is 7.71. The summed E-state index contributed by atoms with van der Waals surface area (Å²) in [5, 5.41) is 12.3. The first kappa shape index (κ1) is 14.7. The van der Waals surface area contributed by atoms with Gasteiger partial charge in [-0.15, -0.1) is 0 Å². The Morgan fingerprint density at radius 1 is 1.39 bits per heavy atom. The molecule has 0 aliphatic carbocycles. The first-order valence-corrected chi connectivity index (χ1v) is 5.97. The third kappa shape index (κ3) is 4.13. The number of carbonyl (C=O) groups is 1. The highest BCUT2D eigenvalue weighted by Crippen LogP contribution is 2.15. The van der Waals surface area contributed by atoms with Gasteiger partial charge in [-0.05, 0) is 25.0 Å². The Hall–Kier alpha value is -1.39.